The second kappa shape index (κ2) is 3.38. The minimum atomic E-state index is 0.258. The Morgan fingerprint density at radius 3 is 2.22 bits per heavy atom. The Labute approximate surface area is 108 Å². The lowest BCUT2D eigenvalue weighted by Crippen LogP contribution is -2.52. The second-order valence-electron chi connectivity index (χ2n) is 6.84. The molecular formula is C15H19N3. The summed E-state index contributed by atoms with van der Waals surface area (Å²) in [7, 11) is 0. The van der Waals surface area contributed by atoms with Crippen molar-refractivity contribution in [3.63, 3.8) is 0 Å². The van der Waals surface area contributed by atoms with Crippen LogP contribution in [0.15, 0.2) is 6.07 Å². The van der Waals surface area contributed by atoms with E-state index in [1.165, 1.54) is 44.2 Å². The molecule has 4 aliphatic carbocycles. The van der Waals surface area contributed by atoms with Gasteiger partial charge in [0.05, 0.1) is 5.54 Å². The van der Waals surface area contributed by atoms with E-state index in [2.05, 4.69) is 22.8 Å². The number of nitrogens with zero attached hydrogens (tertiary/aromatic N) is 3. The molecule has 4 aliphatic rings. The van der Waals surface area contributed by atoms with Crippen molar-refractivity contribution in [3.8, 4) is 6.07 Å². The molecule has 0 saturated heterocycles. The van der Waals surface area contributed by atoms with Gasteiger partial charge in [0.1, 0.15) is 6.07 Å². The van der Waals surface area contributed by atoms with Gasteiger partial charge in [-0.15, -0.1) is 0 Å². The highest BCUT2D eigenvalue weighted by molar-refractivity contribution is 5.23. The number of aryl methyl sites for hydroxylation is 1. The van der Waals surface area contributed by atoms with Crippen molar-refractivity contribution < 1.29 is 0 Å². The van der Waals surface area contributed by atoms with Crippen LogP contribution in [0.1, 0.15) is 49.9 Å². The summed E-state index contributed by atoms with van der Waals surface area (Å²) < 4.78 is 2.22. The van der Waals surface area contributed by atoms with Crippen LogP contribution in [-0.4, -0.2) is 9.78 Å². The van der Waals surface area contributed by atoms with Crippen LogP contribution in [0, 0.1) is 36.0 Å². The molecule has 0 atom stereocenters. The van der Waals surface area contributed by atoms with Crippen molar-refractivity contribution in [2.24, 2.45) is 17.8 Å². The van der Waals surface area contributed by atoms with Gasteiger partial charge in [-0.2, -0.15) is 10.4 Å². The smallest absolute Gasteiger partial charge is 0.162 e. The topological polar surface area (TPSA) is 41.6 Å². The highest BCUT2D eigenvalue weighted by Gasteiger charge is 2.52. The fraction of sp³-hybridized carbons (Fsp3) is 0.733. The van der Waals surface area contributed by atoms with E-state index in [-0.39, 0.29) is 5.54 Å². The van der Waals surface area contributed by atoms with Gasteiger partial charge >= 0.3 is 0 Å². The van der Waals surface area contributed by atoms with Gasteiger partial charge in [-0.05, 0) is 69.3 Å². The number of aromatic nitrogens is 2. The predicted molar refractivity (Wildman–Crippen MR) is 67.8 cm³/mol. The van der Waals surface area contributed by atoms with Crippen molar-refractivity contribution in [1.82, 2.24) is 9.78 Å². The molecule has 1 aromatic heterocycles. The molecular weight excluding hydrogens is 222 g/mol. The van der Waals surface area contributed by atoms with Crippen molar-refractivity contribution in [2.45, 2.75) is 51.0 Å². The lowest BCUT2D eigenvalue weighted by atomic mass is 9.53. The monoisotopic (exact) mass is 241 g/mol. The van der Waals surface area contributed by atoms with Crippen LogP contribution < -0.4 is 0 Å². The highest BCUT2D eigenvalue weighted by Crippen LogP contribution is 2.58. The maximum Gasteiger partial charge on any atom is 0.162 e. The van der Waals surface area contributed by atoms with Crippen LogP contribution in [-0.2, 0) is 5.54 Å². The van der Waals surface area contributed by atoms with E-state index in [9.17, 15) is 0 Å². The lowest BCUT2D eigenvalue weighted by Gasteiger charge is -2.56. The van der Waals surface area contributed by atoms with Gasteiger partial charge in [-0.1, -0.05) is 0 Å². The highest BCUT2D eigenvalue weighted by atomic mass is 15.3. The average molecular weight is 241 g/mol. The first-order valence-corrected chi connectivity index (χ1v) is 7.16. The maximum absolute atomic E-state index is 9.03. The standard InChI is InChI=1S/C15H19N3/c1-10-2-14(9-16)17-18(10)15-6-11-3-12(7-15)5-13(4-11)8-15/h2,11-13H,3-8H2,1H3. The predicted octanol–water partition coefficient (Wildman–Crippen LogP) is 2.99. The van der Waals surface area contributed by atoms with Crippen LogP contribution in [0.2, 0.25) is 0 Å². The summed E-state index contributed by atoms with van der Waals surface area (Å²) in [5, 5.41) is 13.6. The first kappa shape index (κ1) is 10.6. The minimum Gasteiger partial charge on any atom is -0.262 e. The summed E-state index contributed by atoms with van der Waals surface area (Å²) in [6.45, 7) is 2.10. The molecule has 94 valence electrons. The summed E-state index contributed by atoms with van der Waals surface area (Å²) in [6, 6.07) is 4.13. The fourth-order valence-electron chi connectivity index (χ4n) is 5.33. The molecule has 3 nitrogen and oxygen atoms in total. The van der Waals surface area contributed by atoms with Gasteiger partial charge in [0.15, 0.2) is 5.69 Å². The third-order valence-corrected chi connectivity index (χ3v) is 5.46. The van der Waals surface area contributed by atoms with Gasteiger partial charge in [-0.25, -0.2) is 0 Å². The third-order valence-electron chi connectivity index (χ3n) is 5.46. The van der Waals surface area contributed by atoms with Gasteiger partial charge in [-0.3, -0.25) is 4.68 Å². The molecule has 1 aromatic rings. The van der Waals surface area contributed by atoms with E-state index >= 15 is 0 Å². The Morgan fingerprint density at radius 2 is 1.78 bits per heavy atom. The molecule has 4 bridgehead atoms. The van der Waals surface area contributed by atoms with Gasteiger partial charge in [0.25, 0.3) is 0 Å². The zero-order valence-electron chi connectivity index (χ0n) is 10.9. The Bertz CT molecular complexity index is 499. The molecule has 3 heteroatoms. The molecule has 0 unspecified atom stereocenters. The Morgan fingerprint density at radius 1 is 1.22 bits per heavy atom. The van der Waals surface area contributed by atoms with E-state index in [4.69, 9.17) is 5.26 Å². The van der Waals surface area contributed by atoms with Gasteiger partial charge < -0.3 is 0 Å². The molecule has 18 heavy (non-hydrogen) atoms. The molecule has 0 aromatic carbocycles. The van der Waals surface area contributed by atoms with Crippen LogP contribution in [0.3, 0.4) is 0 Å². The minimum absolute atomic E-state index is 0.258. The number of hydrogen-bond donors (Lipinski definition) is 0. The molecule has 4 fully saturated rings. The average Bonchev–Trinajstić information content (AvgIpc) is 2.69. The van der Waals surface area contributed by atoms with E-state index in [1.807, 2.05) is 6.07 Å². The first-order valence-electron chi connectivity index (χ1n) is 7.16. The van der Waals surface area contributed by atoms with E-state index in [0.29, 0.717) is 5.69 Å². The third kappa shape index (κ3) is 1.32. The van der Waals surface area contributed by atoms with Crippen molar-refractivity contribution >= 4 is 0 Å². The largest absolute Gasteiger partial charge is 0.262 e. The van der Waals surface area contributed by atoms with E-state index in [1.54, 1.807) is 0 Å². The first-order chi connectivity index (χ1) is 8.68. The zero-order valence-corrected chi connectivity index (χ0v) is 10.9. The zero-order chi connectivity index (χ0) is 12.3. The number of rotatable bonds is 1. The summed E-state index contributed by atoms with van der Waals surface area (Å²) >= 11 is 0. The second-order valence-corrected chi connectivity index (χ2v) is 6.84. The molecule has 1 heterocycles. The Hall–Kier alpha value is -1.30. The molecule has 4 saturated carbocycles. The number of hydrogen-bond acceptors (Lipinski definition) is 2. The fourth-order valence-corrected chi connectivity index (χ4v) is 5.33. The molecule has 0 aliphatic heterocycles. The summed E-state index contributed by atoms with van der Waals surface area (Å²) in [5.41, 5.74) is 2.02. The van der Waals surface area contributed by atoms with Gasteiger partial charge in [0, 0.05) is 5.69 Å². The van der Waals surface area contributed by atoms with E-state index in [0.717, 1.165) is 17.8 Å². The van der Waals surface area contributed by atoms with Crippen LogP contribution >= 0.6 is 0 Å². The Kier molecular flexibility index (Phi) is 1.99. The van der Waals surface area contributed by atoms with Crippen molar-refractivity contribution in [3.05, 3.63) is 17.5 Å². The maximum atomic E-state index is 9.03. The van der Waals surface area contributed by atoms with Crippen LogP contribution in [0.25, 0.3) is 0 Å². The molecule has 0 radical (unpaired) electrons. The normalized spacial score (nSPS) is 41.0. The molecule has 5 rings (SSSR count). The molecule has 0 spiro atoms. The Balaban J connectivity index is 1.79. The quantitative estimate of drug-likeness (QED) is 0.758. The molecule has 0 amide bonds. The van der Waals surface area contributed by atoms with E-state index < -0.39 is 0 Å². The summed E-state index contributed by atoms with van der Waals surface area (Å²) in [4.78, 5) is 0. The van der Waals surface area contributed by atoms with Crippen molar-refractivity contribution in [1.29, 1.82) is 5.26 Å². The SMILES string of the molecule is Cc1cc(C#N)nn1C12CC3CC(CC(C3)C1)C2. The van der Waals surface area contributed by atoms with Crippen molar-refractivity contribution in [2.75, 3.05) is 0 Å². The number of nitriles is 1. The van der Waals surface area contributed by atoms with Crippen LogP contribution in [0.5, 0.6) is 0 Å². The summed E-state index contributed by atoms with van der Waals surface area (Å²) in [5.74, 6) is 2.76. The molecule has 0 N–H and O–H groups in total. The summed E-state index contributed by atoms with van der Waals surface area (Å²) in [6.07, 6.45) is 8.24. The lowest BCUT2D eigenvalue weighted by molar-refractivity contribution is -0.0504. The van der Waals surface area contributed by atoms with Gasteiger partial charge in [0.2, 0.25) is 0 Å². The van der Waals surface area contributed by atoms with Crippen LogP contribution in [0.4, 0.5) is 0 Å².